The highest BCUT2D eigenvalue weighted by Crippen LogP contribution is 2.24. The number of ketones is 1. The van der Waals surface area contributed by atoms with Crippen molar-refractivity contribution in [1.29, 1.82) is 5.26 Å². The smallest absolute Gasteiger partial charge is 0.161 e. The number of nitriles is 1. The highest BCUT2D eigenvalue weighted by molar-refractivity contribution is 6.00. The molecule has 0 radical (unpaired) electrons. The Morgan fingerprint density at radius 2 is 2.22 bits per heavy atom. The Bertz CT molecular complexity index is 498. The summed E-state index contributed by atoms with van der Waals surface area (Å²) in [6.07, 6.45) is 1.79. The summed E-state index contributed by atoms with van der Waals surface area (Å²) in [6, 6.07) is 7.49. The van der Waals surface area contributed by atoms with Crippen LogP contribution in [0, 0.1) is 11.3 Å². The second-order valence-electron chi connectivity index (χ2n) is 4.43. The van der Waals surface area contributed by atoms with Crippen LogP contribution in [0.3, 0.4) is 0 Å². The lowest BCUT2D eigenvalue weighted by molar-refractivity contribution is 0.101. The van der Waals surface area contributed by atoms with Gasteiger partial charge in [0.1, 0.15) is 0 Å². The molecule has 3 heteroatoms. The van der Waals surface area contributed by atoms with Gasteiger partial charge >= 0.3 is 0 Å². The molecule has 0 spiro atoms. The number of hydrogen-bond acceptors (Lipinski definition) is 3. The Morgan fingerprint density at radius 3 is 2.67 bits per heavy atom. The lowest BCUT2D eigenvalue weighted by Crippen LogP contribution is -2.32. The molecular weight excluding hydrogens is 224 g/mol. The number of rotatable bonds is 5. The normalized spacial score (nSPS) is 9.94. The minimum absolute atomic E-state index is 0.00389. The molecule has 1 aromatic carbocycles. The van der Waals surface area contributed by atoms with E-state index in [0.717, 1.165) is 5.69 Å². The maximum absolute atomic E-state index is 11.7. The molecular formula is C15H18N2O. The molecule has 0 unspecified atom stereocenters. The van der Waals surface area contributed by atoms with Crippen molar-refractivity contribution in [2.75, 3.05) is 11.4 Å². The molecule has 0 saturated carbocycles. The predicted molar refractivity (Wildman–Crippen MR) is 73.8 cm³/mol. The summed E-state index contributed by atoms with van der Waals surface area (Å²) in [5, 5.41) is 8.97. The summed E-state index contributed by atoms with van der Waals surface area (Å²) in [7, 11) is 0. The number of nitrogens with zero attached hydrogens (tertiary/aromatic N) is 2. The van der Waals surface area contributed by atoms with Crippen LogP contribution in [0.2, 0.25) is 0 Å². The van der Waals surface area contributed by atoms with Crippen LogP contribution < -0.4 is 4.90 Å². The third-order valence-corrected chi connectivity index (χ3v) is 2.76. The van der Waals surface area contributed by atoms with Crippen LogP contribution in [0.1, 0.15) is 36.7 Å². The predicted octanol–water partition coefficient (Wildman–Crippen LogP) is 3.16. The Labute approximate surface area is 108 Å². The van der Waals surface area contributed by atoms with Crippen molar-refractivity contribution in [3.63, 3.8) is 0 Å². The molecule has 0 N–H and O–H groups in total. The first kappa shape index (κ1) is 14.0. The van der Waals surface area contributed by atoms with Crippen molar-refractivity contribution in [3.8, 4) is 6.07 Å². The van der Waals surface area contributed by atoms with E-state index in [1.54, 1.807) is 24.3 Å². The summed E-state index contributed by atoms with van der Waals surface area (Å²) in [6.45, 7) is 10.0. The topological polar surface area (TPSA) is 44.1 Å². The van der Waals surface area contributed by atoms with Gasteiger partial charge in [-0.1, -0.05) is 6.08 Å². The first-order chi connectivity index (χ1) is 8.51. The van der Waals surface area contributed by atoms with E-state index in [1.165, 1.54) is 6.92 Å². The zero-order chi connectivity index (χ0) is 13.7. The maximum atomic E-state index is 11.7. The molecule has 1 aromatic rings. The lowest BCUT2D eigenvalue weighted by Gasteiger charge is -2.29. The van der Waals surface area contributed by atoms with Gasteiger partial charge in [-0.15, -0.1) is 6.58 Å². The Hall–Kier alpha value is -2.08. The molecule has 0 saturated heterocycles. The molecule has 0 fully saturated rings. The monoisotopic (exact) mass is 242 g/mol. The van der Waals surface area contributed by atoms with Crippen LogP contribution in [0.4, 0.5) is 5.69 Å². The van der Waals surface area contributed by atoms with E-state index >= 15 is 0 Å². The summed E-state index contributed by atoms with van der Waals surface area (Å²) < 4.78 is 0. The third kappa shape index (κ3) is 2.98. The largest absolute Gasteiger partial charge is 0.365 e. The van der Waals surface area contributed by atoms with Gasteiger partial charge in [0.05, 0.1) is 11.6 Å². The minimum atomic E-state index is 0.00389. The minimum Gasteiger partial charge on any atom is -0.365 e. The summed E-state index contributed by atoms with van der Waals surface area (Å²) in [4.78, 5) is 13.7. The highest BCUT2D eigenvalue weighted by Gasteiger charge is 2.16. The average molecular weight is 242 g/mol. The fraction of sp³-hybridized carbons (Fsp3) is 0.333. The Morgan fingerprint density at radius 1 is 1.56 bits per heavy atom. The van der Waals surface area contributed by atoms with Gasteiger partial charge in [-0.3, -0.25) is 4.79 Å². The van der Waals surface area contributed by atoms with Gasteiger partial charge < -0.3 is 4.90 Å². The number of anilines is 1. The number of hydrogen-bond donors (Lipinski definition) is 0. The van der Waals surface area contributed by atoms with E-state index in [2.05, 4.69) is 17.5 Å². The fourth-order valence-corrected chi connectivity index (χ4v) is 1.86. The molecule has 0 aliphatic rings. The maximum Gasteiger partial charge on any atom is 0.161 e. The summed E-state index contributed by atoms with van der Waals surface area (Å²) in [5.41, 5.74) is 2.01. The number of carbonyl (C=O) groups is 1. The van der Waals surface area contributed by atoms with E-state index in [1.807, 2.05) is 13.8 Å². The highest BCUT2D eigenvalue weighted by atomic mass is 16.1. The van der Waals surface area contributed by atoms with E-state index < -0.39 is 0 Å². The number of benzene rings is 1. The first-order valence-electron chi connectivity index (χ1n) is 5.93. The molecule has 0 bridgehead atoms. The molecule has 94 valence electrons. The van der Waals surface area contributed by atoms with Crippen LogP contribution in [-0.2, 0) is 0 Å². The SMILES string of the molecule is C=CCN(c1cc(C#N)ccc1C(C)=O)C(C)C. The second kappa shape index (κ2) is 6.02. The molecule has 1 rings (SSSR count). The van der Waals surface area contributed by atoms with Gasteiger partial charge in [0, 0.05) is 23.8 Å². The first-order valence-corrected chi connectivity index (χ1v) is 5.93. The van der Waals surface area contributed by atoms with Crippen molar-refractivity contribution < 1.29 is 4.79 Å². The Kier molecular flexibility index (Phi) is 4.67. The van der Waals surface area contributed by atoms with E-state index in [4.69, 9.17) is 5.26 Å². The van der Waals surface area contributed by atoms with E-state index in [9.17, 15) is 4.79 Å². The van der Waals surface area contributed by atoms with Crippen LogP contribution in [0.15, 0.2) is 30.9 Å². The van der Waals surface area contributed by atoms with Gasteiger partial charge in [0.2, 0.25) is 0 Å². The van der Waals surface area contributed by atoms with Gasteiger partial charge in [0.25, 0.3) is 0 Å². The van der Waals surface area contributed by atoms with Crippen LogP contribution in [0.5, 0.6) is 0 Å². The van der Waals surface area contributed by atoms with Gasteiger partial charge in [-0.05, 0) is 39.0 Å². The molecule has 0 heterocycles. The van der Waals surface area contributed by atoms with Crippen molar-refractivity contribution in [2.24, 2.45) is 0 Å². The van der Waals surface area contributed by atoms with E-state index in [0.29, 0.717) is 17.7 Å². The van der Waals surface area contributed by atoms with Crippen LogP contribution >= 0.6 is 0 Å². The quantitative estimate of drug-likeness (QED) is 0.588. The molecule has 0 aliphatic carbocycles. The summed E-state index contributed by atoms with van der Waals surface area (Å²) in [5.74, 6) is 0.00389. The number of Topliss-reactive ketones (excluding diaryl/α,β-unsaturated/α-hetero) is 1. The molecule has 0 aromatic heterocycles. The molecule has 3 nitrogen and oxygen atoms in total. The number of carbonyl (C=O) groups excluding carboxylic acids is 1. The molecule has 0 amide bonds. The third-order valence-electron chi connectivity index (χ3n) is 2.76. The molecule has 0 atom stereocenters. The van der Waals surface area contributed by atoms with E-state index in [-0.39, 0.29) is 11.8 Å². The van der Waals surface area contributed by atoms with Gasteiger partial charge in [-0.2, -0.15) is 5.26 Å². The average Bonchev–Trinajstić information content (AvgIpc) is 2.34. The van der Waals surface area contributed by atoms with Crippen molar-refractivity contribution in [2.45, 2.75) is 26.8 Å². The molecule has 0 aliphatic heterocycles. The van der Waals surface area contributed by atoms with Gasteiger partial charge in [0.15, 0.2) is 5.78 Å². The Balaban J connectivity index is 3.37. The van der Waals surface area contributed by atoms with Crippen LogP contribution in [-0.4, -0.2) is 18.4 Å². The molecule has 18 heavy (non-hydrogen) atoms. The zero-order valence-electron chi connectivity index (χ0n) is 11.1. The zero-order valence-corrected chi connectivity index (χ0v) is 11.1. The lowest BCUT2D eigenvalue weighted by atomic mass is 10.0. The fourth-order valence-electron chi connectivity index (χ4n) is 1.86. The summed E-state index contributed by atoms with van der Waals surface area (Å²) >= 11 is 0. The second-order valence-corrected chi connectivity index (χ2v) is 4.43. The van der Waals surface area contributed by atoms with Gasteiger partial charge in [-0.25, -0.2) is 0 Å². The van der Waals surface area contributed by atoms with Crippen molar-refractivity contribution >= 4 is 11.5 Å². The standard InChI is InChI=1S/C15H18N2O/c1-5-8-17(11(2)3)15-9-13(10-16)6-7-14(15)12(4)18/h5-7,9,11H,1,8H2,2-4H3. The van der Waals surface area contributed by atoms with Crippen molar-refractivity contribution in [3.05, 3.63) is 42.0 Å². The van der Waals surface area contributed by atoms with Crippen molar-refractivity contribution in [1.82, 2.24) is 0 Å². The van der Waals surface area contributed by atoms with Crippen LogP contribution in [0.25, 0.3) is 0 Å².